The lowest BCUT2D eigenvalue weighted by atomic mass is 10.1. The lowest BCUT2D eigenvalue weighted by molar-refractivity contribution is 0.822. The summed E-state index contributed by atoms with van der Waals surface area (Å²) in [5.74, 6) is 0.416. The van der Waals surface area contributed by atoms with Crippen molar-refractivity contribution in [2.75, 3.05) is 0 Å². The first-order valence-corrected chi connectivity index (χ1v) is 4.28. The van der Waals surface area contributed by atoms with Gasteiger partial charge in [0.15, 0.2) is 0 Å². The van der Waals surface area contributed by atoms with Crippen LogP contribution in [0.25, 0.3) is 0 Å². The highest BCUT2D eigenvalue weighted by atomic mass is 32.1. The maximum Gasteiger partial charge on any atom is 0.104 e. The Morgan fingerprint density at radius 2 is 2.25 bits per heavy atom. The van der Waals surface area contributed by atoms with Crippen LogP contribution in [0.1, 0.15) is 31.0 Å². The number of hydrogen-bond donors (Lipinski definition) is 1. The zero-order chi connectivity index (χ0) is 9.14. The zero-order valence-electron chi connectivity index (χ0n) is 7.24. The standard InChI is InChI=1S/C9H12N2S/c1-6(2)8-5-7(9(10)12)3-4-11-8/h3-6H,1-2H3,(H2,10,12). The van der Waals surface area contributed by atoms with E-state index in [2.05, 4.69) is 18.8 Å². The number of thiocarbonyl (C=S) groups is 1. The molecule has 0 aromatic carbocycles. The second-order valence-corrected chi connectivity index (χ2v) is 3.43. The lowest BCUT2D eigenvalue weighted by Gasteiger charge is -2.05. The molecule has 2 nitrogen and oxygen atoms in total. The van der Waals surface area contributed by atoms with E-state index in [1.807, 2.05) is 12.1 Å². The van der Waals surface area contributed by atoms with E-state index in [1.54, 1.807) is 6.20 Å². The molecule has 0 saturated carbocycles. The summed E-state index contributed by atoms with van der Waals surface area (Å²) in [4.78, 5) is 4.64. The highest BCUT2D eigenvalue weighted by Gasteiger charge is 2.02. The summed E-state index contributed by atoms with van der Waals surface area (Å²) in [6.45, 7) is 4.18. The van der Waals surface area contributed by atoms with Gasteiger partial charge in [0.05, 0.1) is 0 Å². The Balaban J connectivity index is 3.04. The van der Waals surface area contributed by atoms with E-state index in [9.17, 15) is 0 Å². The van der Waals surface area contributed by atoms with E-state index in [0.29, 0.717) is 10.9 Å². The molecule has 0 fully saturated rings. The minimum absolute atomic E-state index is 0.416. The topological polar surface area (TPSA) is 38.9 Å². The largest absolute Gasteiger partial charge is 0.389 e. The van der Waals surface area contributed by atoms with Gasteiger partial charge in [0.2, 0.25) is 0 Å². The van der Waals surface area contributed by atoms with Gasteiger partial charge in [0.25, 0.3) is 0 Å². The minimum atomic E-state index is 0.416. The van der Waals surface area contributed by atoms with Gasteiger partial charge in [-0.2, -0.15) is 0 Å². The normalized spacial score (nSPS) is 10.2. The van der Waals surface area contributed by atoms with Crippen LogP contribution >= 0.6 is 12.2 Å². The van der Waals surface area contributed by atoms with Crippen molar-refractivity contribution < 1.29 is 0 Å². The fourth-order valence-corrected chi connectivity index (χ4v) is 1.04. The number of nitrogens with two attached hydrogens (primary N) is 1. The van der Waals surface area contributed by atoms with Gasteiger partial charge in [-0.1, -0.05) is 26.1 Å². The fourth-order valence-electron chi connectivity index (χ4n) is 0.917. The van der Waals surface area contributed by atoms with Gasteiger partial charge in [-0.25, -0.2) is 0 Å². The first-order chi connectivity index (χ1) is 5.61. The third-order valence-corrected chi connectivity index (χ3v) is 1.89. The van der Waals surface area contributed by atoms with E-state index in [-0.39, 0.29) is 0 Å². The molecule has 64 valence electrons. The van der Waals surface area contributed by atoms with Crippen LogP contribution in [0.15, 0.2) is 18.3 Å². The van der Waals surface area contributed by atoms with Crippen molar-refractivity contribution in [2.45, 2.75) is 19.8 Å². The van der Waals surface area contributed by atoms with Crippen molar-refractivity contribution in [2.24, 2.45) is 5.73 Å². The predicted molar refractivity (Wildman–Crippen MR) is 54.2 cm³/mol. The summed E-state index contributed by atoms with van der Waals surface area (Å²) in [5, 5.41) is 0. The molecule has 0 unspecified atom stereocenters. The molecule has 0 aliphatic heterocycles. The van der Waals surface area contributed by atoms with Crippen LogP contribution < -0.4 is 5.73 Å². The molecule has 0 spiro atoms. The van der Waals surface area contributed by atoms with Gasteiger partial charge in [-0.3, -0.25) is 4.98 Å². The monoisotopic (exact) mass is 180 g/mol. The van der Waals surface area contributed by atoms with Crippen LogP contribution in [0.4, 0.5) is 0 Å². The van der Waals surface area contributed by atoms with Gasteiger partial charge in [0, 0.05) is 17.5 Å². The van der Waals surface area contributed by atoms with Gasteiger partial charge >= 0.3 is 0 Å². The third-order valence-electron chi connectivity index (χ3n) is 1.66. The average Bonchev–Trinajstić information content (AvgIpc) is 2.04. The summed E-state index contributed by atoms with van der Waals surface area (Å²) < 4.78 is 0. The van der Waals surface area contributed by atoms with Crippen LogP contribution in [0.3, 0.4) is 0 Å². The number of nitrogens with zero attached hydrogens (tertiary/aromatic N) is 1. The minimum Gasteiger partial charge on any atom is -0.389 e. The highest BCUT2D eigenvalue weighted by Crippen LogP contribution is 2.12. The van der Waals surface area contributed by atoms with Crippen molar-refractivity contribution in [3.05, 3.63) is 29.6 Å². The Morgan fingerprint density at radius 3 is 2.75 bits per heavy atom. The van der Waals surface area contributed by atoms with Crippen LogP contribution in [-0.2, 0) is 0 Å². The molecule has 0 amide bonds. The molecule has 1 rings (SSSR count). The van der Waals surface area contributed by atoms with Crippen LogP contribution in [0.5, 0.6) is 0 Å². The summed E-state index contributed by atoms with van der Waals surface area (Å²) in [7, 11) is 0. The van der Waals surface area contributed by atoms with Crippen LogP contribution in [0, 0.1) is 0 Å². The van der Waals surface area contributed by atoms with Gasteiger partial charge < -0.3 is 5.73 Å². The number of pyridine rings is 1. The average molecular weight is 180 g/mol. The molecule has 0 radical (unpaired) electrons. The predicted octanol–water partition coefficient (Wildman–Crippen LogP) is 1.84. The lowest BCUT2D eigenvalue weighted by Crippen LogP contribution is -2.10. The van der Waals surface area contributed by atoms with Crippen LogP contribution in [-0.4, -0.2) is 9.97 Å². The molecule has 1 aromatic rings. The molecule has 1 aromatic heterocycles. The molecule has 0 bridgehead atoms. The number of rotatable bonds is 2. The molecular formula is C9H12N2S. The van der Waals surface area contributed by atoms with Gasteiger partial charge in [0.1, 0.15) is 4.99 Å². The Bertz CT molecular complexity index is 294. The smallest absolute Gasteiger partial charge is 0.104 e. The Hall–Kier alpha value is -0.960. The molecule has 0 saturated heterocycles. The van der Waals surface area contributed by atoms with Crippen molar-refractivity contribution in [3.63, 3.8) is 0 Å². The molecule has 0 atom stereocenters. The SMILES string of the molecule is CC(C)c1cc(C(N)=S)ccn1. The highest BCUT2D eigenvalue weighted by molar-refractivity contribution is 7.80. The maximum atomic E-state index is 5.49. The molecule has 0 aliphatic rings. The van der Waals surface area contributed by atoms with E-state index in [4.69, 9.17) is 18.0 Å². The summed E-state index contributed by atoms with van der Waals surface area (Å²) >= 11 is 4.86. The van der Waals surface area contributed by atoms with Crippen molar-refractivity contribution >= 4 is 17.2 Å². The second kappa shape index (κ2) is 3.63. The maximum absolute atomic E-state index is 5.49. The van der Waals surface area contributed by atoms with E-state index in [1.165, 1.54) is 0 Å². The molecule has 0 aliphatic carbocycles. The van der Waals surface area contributed by atoms with Crippen molar-refractivity contribution in [1.82, 2.24) is 4.98 Å². The first kappa shape index (κ1) is 9.13. The van der Waals surface area contributed by atoms with Gasteiger partial charge in [-0.05, 0) is 18.1 Å². The Kier molecular flexibility index (Phi) is 2.76. The molecule has 2 N–H and O–H groups in total. The summed E-state index contributed by atoms with van der Waals surface area (Å²) in [6.07, 6.45) is 1.74. The molecule has 3 heteroatoms. The first-order valence-electron chi connectivity index (χ1n) is 3.87. The second-order valence-electron chi connectivity index (χ2n) is 2.99. The Morgan fingerprint density at radius 1 is 1.58 bits per heavy atom. The number of hydrogen-bond acceptors (Lipinski definition) is 2. The summed E-state index contributed by atoms with van der Waals surface area (Å²) in [6, 6.07) is 3.77. The Labute approximate surface area is 77.8 Å². The molecule has 1 heterocycles. The molecular weight excluding hydrogens is 168 g/mol. The zero-order valence-corrected chi connectivity index (χ0v) is 8.06. The van der Waals surface area contributed by atoms with E-state index < -0.39 is 0 Å². The quantitative estimate of drug-likeness (QED) is 0.706. The van der Waals surface area contributed by atoms with E-state index >= 15 is 0 Å². The third kappa shape index (κ3) is 2.01. The fraction of sp³-hybridized carbons (Fsp3) is 0.333. The van der Waals surface area contributed by atoms with Gasteiger partial charge in [-0.15, -0.1) is 0 Å². The van der Waals surface area contributed by atoms with Crippen LogP contribution in [0.2, 0.25) is 0 Å². The summed E-state index contributed by atoms with van der Waals surface area (Å²) in [5.41, 5.74) is 7.41. The molecule has 12 heavy (non-hydrogen) atoms. The van der Waals surface area contributed by atoms with Crippen molar-refractivity contribution in [3.8, 4) is 0 Å². The number of aromatic nitrogens is 1. The van der Waals surface area contributed by atoms with E-state index in [0.717, 1.165) is 11.3 Å². The van der Waals surface area contributed by atoms with Crippen molar-refractivity contribution in [1.29, 1.82) is 0 Å².